The van der Waals surface area contributed by atoms with Gasteiger partial charge >= 0.3 is 0 Å². The molecule has 0 unspecified atom stereocenters. The molecule has 0 fully saturated rings. The molecule has 0 aliphatic carbocycles. The third-order valence-electron chi connectivity index (χ3n) is 2.38. The third-order valence-corrected chi connectivity index (χ3v) is 3.12. The molecule has 0 radical (unpaired) electrons. The van der Waals surface area contributed by atoms with Crippen LogP contribution in [0.15, 0.2) is 34.1 Å². The van der Waals surface area contributed by atoms with Gasteiger partial charge < -0.3 is 10.3 Å². The number of nitrogens with zero attached hydrogens (tertiary/aromatic N) is 2. The predicted octanol–water partition coefficient (Wildman–Crippen LogP) is 1.85. The minimum absolute atomic E-state index is 0.200. The lowest BCUT2D eigenvalue weighted by Gasteiger charge is -2.08. The summed E-state index contributed by atoms with van der Waals surface area (Å²) in [5, 5.41) is 3.11. The van der Waals surface area contributed by atoms with Crippen LogP contribution in [0.1, 0.15) is 11.1 Å². The molecule has 2 N–H and O–H groups in total. The number of rotatable bonds is 3. The van der Waals surface area contributed by atoms with Crippen LogP contribution >= 0.6 is 15.9 Å². The molecule has 2 rings (SSSR count). The van der Waals surface area contributed by atoms with Gasteiger partial charge in [-0.15, -0.1) is 0 Å². The van der Waals surface area contributed by atoms with E-state index in [9.17, 15) is 4.79 Å². The van der Waals surface area contributed by atoms with E-state index in [4.69, 9.17) is 0 Å². The molecule has 0 amide bonds. The Kier molecular flexibility index (Phi) is 3.53. The lowest BCUT2D eigenvalue weighted by atomic mass is 10.1. The number of aryl methyl sites for hydroxylation is 1. The Morgan fingerprint density at radius 2 is 2.35 bits per heavy atom. The summed E-state index contributed by atoms with van der Waals surface area (Å²) in [6.07, 6.45) is 4.91. The molecule has 6 heteroatoms. The van der Waals surface area contributed by atoms with Crippen molar-refractivity contribution in [1.82, 2.24) is 15.0 Å². The maximum atomic E-state index is 11.3. The monoisotopic (exact) mass is 294 g/mol. The first kappa shape index (κ1) is 11.8. The molecule has 88 valence electrons. The van der Waals surface area contributed by atoms with Crippen molar-refractivity contribution >= 4 is 21.7 Å². The summed E-state index contributed by atoms with van der Waals surface area (Å²) in [5.41, 5.74) is 2.02. The quantitative estimate of drug-likeness (QED) is 0.906. The van der Waals surface area contributed by atoms with Crippen molar-refractivity contribution in [2.75, 3.05) is 5.32 Å². The Morgan fingerprint density at radius 1 is 1.53 bits per heavy atom. The van der Waals surface area contributed by atoms with Gasteiger partial charge in [-0.05, 0) is 40.0 Å². The number of anilines is 1. The van der Waals surface area contributed by atoms with E-state index in [1.165, 1.54) is 6.33 Å². The minimum atomic E-state index is -0.200. The molecule has 0 aliphatic rings. The summed E-state index contributed by atoms with van der Waals surface area (Å²) < 4.78 is 0.409. The zero-order valence-electron chi connectivity index (χ0n) is 9.20. The van der Waals surface area contributed by atoms with E-state index in [1.54, 1.807) is 12.4 Å². The number of hydrogen-bond acceptors (Lipinski definition) is 4. The number of hydrogen-bond donors (Lipinski definition) is 2. The fourth-order valence-electron chi connectivity index (χ4n) is 1.39. The molecule has 0 aliphatic heterocycles. The van der Waals surface area contributed by atoms with Crippen molar-refractivity contribution in [3.63, 3.8) is 0 Å². The average molecular weight is 295 g/mol. The second kappa shape index (κ2) is 5.09. The summed E-state index contributed by atoms with van der Waals surface area (Å²) in [5.74, 6) is 0.532. The second-order valence-electron chi connectivity index (χ2n) is 3.55. The van der Waals surface area contributed by atoms with Gasteiger partial charge in [-0.25, -0.2) is 4.98 Å². The van der Waals surface area contributed by atoms with E-state index >= 15 is 0 Å². The Balaban J connectivity index is 2.16. The second-order valence-corrected chi connectivity index (χ2v) is 4.34. The van der Waals surface area contributed by atoms with Gasteiger partial charge in [-0.1, -0.05) is 0 Å². The highest BCUT2D eigenvalue weighted by Gasteiger charge is 2.05. The molecule has 0 bridgehead atoms. The molecule has 0 saturated carbocycles. The highest BCUT2D eigenvalue weighted by atomic mass is 79.9. The maximum absolute atomic E-state index is 11.3. The number of pyridine rings is 1. The lowest BCUT2D eigenvalue weighted by Crippen LogP contribution is -2.12. The molecular formula is C11H11BrN4O. The molecule has 0 spiro atoms. The summed E-state index contributed by atoms with van der Waals surface area (Å²) in [7, 11) is 0. The number of aromatic amines is 1. The smallest absolute Gasteiger partial charge is 0.267 e. The van der Waals surface area contributed by atoms with E-state index in [0.29, 0.717) is 16.8 Å². The standard InChI is InChI=1S/C11H11BrN4O/c1-7-4-13-3-2-8(7)5-14-10-9(12)11(17)16-6-15-10/h2-4,6H,5H2,1H3,(H2,14,15,16,17). The molecule has 17 heavy (non-hydrogen) atoms. The van der Waals surface area contributed by atoms with Gasteiger partial charge in [0.25, 0.3) is 5.56 Å². The summed E-state index contributed by atoms with van der Waals surface area (Å²) in [4.78, 5) is 21.9. The predicted molar refractivity (Wildman–Crippen MR) is 68.9 cm³/mol. The van der Waals surface area contributed by atoms with E-state index in [2.05, 4.69) is 36.2 Å². The number of halogens is 1. The molecule has 2 heterocycles. The molecular weight excluding hydrogens is 284 g/mol. The third kappa shape index (κ3) is 2.71. The lowest BCUT2D eigenvalue weighted by molar-refractivity contribution is 1.03. The SMILES string of the molecule is Cc1cnccc1CNc1nc[nH]c(=O)c1Br. The van der Waals surface area contributed by atoms with E-state index in [1.807, 2.05) is 13.0 Å². The van der Waals surface area contributed by atoms with Crippen molar-refractivity contribution < 1.29 is 0 Å². The first-order valence-corrected chi connectivity index (χ1v) is 5.84. The van der Waals surface area contributed by atoms with Crippen LogP contribution in [0, 0.1) is 6.92 Å². The average Bonchev–Trinajstić information content (AvgIpc) is 2.33. The topological polar surface area (TPSA) is 70.7 Å². The zero-order chi connectivity index (χ0) is 12.3. The Morgan fingerprint density at radius 3 is 3.12 bits per heavy atom. The Hall–Kier alpha value is -1.69. The van der Waals surface area contributed by atoms with Crippen molar-refractivity contribution in [3.05, 3.63) is 50.7 Å². The van der Waals surface area contributed by atoms with Crippen LogP contribution in [0.2, 0.25) is 0 Å². The van der Waals surface area contributed by atoms with E-state index in [-0.39, 0.29) is 5.56 Å². The van der Waals surface area contributed by atoms with Gasteiger partial charge in [0.1, 0.15) is 10.3 Å². The molecule has 0 aromatic carbocycles. The molecule has 0 atom stereocenters. The van der Waals surface area contributed by atoms with Gasteiger partial charge in [0.2, 0.25) is 0 Å². The number of nitrogens with one attached hydrogen (secondary N) is 2. The minimum Gasteiger partial charge on any atom is -0.365 e. The van der Waals surface area contributed by atoms with E-state index < -0.39 is 0 Å². The van der Waals surface area contributed by atoms with Gasteiger partial charge in [-0.2, -0.15) is 0 Å². The summed E-state index contributed by atoms with van der Waals surface area (Å²) in [6, 6.07) is 1.93. The largest absolute Gasteiger partial charge is 0.365 e. The van der Waals surface area contributed by atoms with Gasteiger partial charge in [0.15, 0.2) is 0 Å². The van der Waals surface area contributed by atoms with Crippen LogP contribution in [0.5, 0.6) is 0 Å². The van der Waals surface area contributed by atoms with Crippen LogP contribution < -0.4 is 10.9 Å². The van der Waals surface area contributed by atoms with Crippen molar-refractivity contribution in [1.29, 1.82) is 0 Å². The first-order chi connectivity index (χ1) is 8.18. The maximum Gasteiger partial charge on any atom is 0.267 e. The van der Waals surface area contributed by atoms with Crippen LogP contribution in [0.25, 0.3) is 0 Å². The van der Waals surface area contributed by atoms with Crippen LogP contribution in [-0.2, 0) is 6.54 Å². The van der Waals surface area contributed by atoms with Crippen molar-refractivity contribution in [2.24, 2.45) is 0 Å². The Labute approximate surface area is 106 Å². The fraction of sp³-hybridized carbons (Fsp3) is 0.182. The van der Waals surface area contributed by atoms with Crippen LogP contribution in [-0.4, -0.2) is 15.0 Å². The van der Waals surface area contributed by atoms with Crippen LogP contribution in [0.3, 0.4) is 0 Å². The highest BCUT2D eigenvalue weighted by Crippen LogP contribution is 2.15. The normalized spacial score (nSPS) is 10.2. The first-order valence-electron chi connectivity index (χ1n) is 5.05. The highest BCUT2D eigenvalue weighted by molar-refractivity contribution is 9.10. The van der Waals surface area contributed by atoms with Crippen molar-refractivity contribution in [3.8, 4) is 0 Å². The Bertz CT molecular complexity index is 582. The van der Waals surface area contributed by atoms with Gasteiger partial charge in [-0.3, -0.25) is 9.78 Å². The fourth-order valence-corrected chi connectivity index (χ4v) is 1.74. The van der Waals surface area contributed by atoms with Gasteiger partial charge in [0.05, 0.1) is 6.33 Å². The molecule has 2 aromatic rings. The van der Waals surface area contributed by atoms with Gasteiger partial charge in [0, 0.05) is 18.9 Å². The summed E-state index contributed by atoms with van der Waals surface area (Å²) >= 11 is 3.19. The number of aromatic nitrogens is 3. The molecule has 5 nitrogen and oxygen atoms in total. The summed E-state index contributed by atoms with van der Waals surface area (Å²) in [6.45, 7) is 2.59. The zero-order valence-corrected chi connectivity index (χ0v) is 10.8. The van der Waals surface area contributed by atoms with Crippen molar-refractivity contribution in [2.45, 2.75) is 13.5 Å². The molecule has 0 saturated heterocycles. The number of H-pyrrole nitrogens is 1. The molecule has 2 aromatic heterocycles. The van der Waals surface area contributed by atoms with E-state index in [0.717, 1.165) is 11.1 Å². The van der Waals surface area contributed by atoms with Crippen LogP contribution in [0.4, 0.5) is 5.82 Å².